The number of pyridine rings is 1. The van der Waals surface area contributed by atoms with E-state index in [0.717, 1.165) is 23.0 Å². The molecule has 2 aromatic heterocycles. The van der Waals surface area contributed by atoms with Crippen LogP contribution in [0.2, 0.25) is 0 Å². The fraction of sp³-hybridized carbons (Fsp3) is 0.0769. The SMILES string of the molecule is O=c1[nH]nnn1-c1cccc(NS(=O)(=O)c2cccnc2C(F)(F)F)c1. The van der Waals surface area contributed by atoms with Crippen LogP contribution in [0.15, 0.2) is 52.3 Å². The van der Waals surface area contributed by atoms with Gasteiger partial charge in [0.05, 0.1) is 11.4 Å². The summed E-state index contributed by atoms with van der Waals surface area (Å²) in [6, 6.07) is 7.22. The van der Waals surface area contributed by atoms with Gasteiger partial charge in [0.2, 0.25) is 0 Å². The minimum Gasteiger partial charge on any atom is -0.279 e. The van der Waals surface area contributed by atoms with E-state index in [9.17, 15) is 26.4 Å². The number of aromatic amines is 1. The van der Waals surface area contributed by atoms with Gasteiger partial charge in [0.15, 0.2) is 5.69 Å². The van der Waals surface area contributed by atoms with Crippen molar-refractivity contribution in [2.45, 2.75) is 11.1 Å². The predicted octanol–water partition coefficient (Wildman–Crippen LogP) is 1.17. The van der Waals surface area contributed by atoms with Gasteiger partial charge in [-0.3, -0.25) is 9.71 Å². The highest BCUT2D eigenvalue weighted by Gasteiger charge is 2.38. The van der Waals surface area contributed by atoms with Crippen molar-refractivity contribution >= 4 is 15.7 Å². The van der Waals surface area contributed by atoms with Crippen LogP contribution in [-0.4, -0.2) is 33.6 Å². The molecule has 0 amide bonds. The van der Waals surface area contributed by atoms with Crippen molar-refractivity contribution in [3.63, 3.8) is 0 Å². The molecule has 1 aromatic carbocycles. The molecule has 0 radical (unpaired) electrons. The Morgan fingerprint density at radius 2 is 1.92 bits per heavy atom. The number of nitrogens with zero attached hydrogens (tertiary/aromatic N) is 4. The summed E-state index contributed by atoms with van der Waals surface area (Å²) in [6.45, 7) is 0. The molecular weight excluding hydrogens is 377 g/mol. The molecule has 0 aliphatic rings. The summed E-state index contributed by atoms with van der Waals surface area (Å²) in [6.07, 6.45) is -4.10. The van der Waals surface area contributed by atoms with Crippen LogP contribution < -0.4 is 10.4 Å². The van der Waals surface area contributed by atoms with Crippen molar-refractivity contribution in [2.24, 2.45) is 0 Å². The van der Waals surface area contributed by atoms with Gasteiger partial charge >= 0.3 is 11.9 Å². The van der Waals surface area contributed by atoms with E-state index in [0.29, 0.717) is 0 Å². The molecule has 13 heteroatoms. The standard InChI is InChI=1S/C13H9F3N6O3S/c14-13(15,16)11-10(5-2-6-17-11)26(24,25)19-8-3-1-4-9(7-8)22-12(23)18-20-21-22/h1-7,19H,(H,18,21,23). The van der Waals surface area contributed by atoms with Crippen LogP contribution in [0.1, 0.15) is 5.69 Å². The Morgan fingerprint density at radius 3 is 2.58 bits per heavy atom. The zero-order valence-electron chi connectivity index (χ0n) is 12.6. The molecule has 0 atom stereocenters. The highest BCUT2D eigenvalue weighted by Crippen LogP contribution is 2.33. The van der Waals surface area contributed by atoms with Crippen LogP contribution in [0, 0.1) is 0 Å². The van der Waals surface area contributed by atoms with Gasteiger partial charge in [-0.05, 0) is 40.8 Å². The van der Waals surface area contributed by atoms with Crippen molar-refractivity contribution in [3.8, 4) is 5.69 Å². The second-order valence-electron chi connectivity index (χ2n) is 4.92. The maximum Gasteiger partial charge on any atom is 0.434 e. The summed E-state index contributed by atoms with van der Waals surface area (Å²) in [5, 5.41) is 8.84. The number of sulfonamides is 1. The van der Waals surface area contributed by atoms with Gasteiger partial charge in [-0.1, -0.05) is 6.07 Å². The Hall–Kier alpha value is -3.22. The third-order valence-electron chi connectivity index (χ3n) is 3.14. The molecule has 0 fully saturated rings. The van der Waals surface area contributed by atoms with E-state index in [1.54, 1.807) is 0 Å². The van der Waals surface area contributed by atoms with Crippen LogP contribution in [0.4, 0.5) is 18.9 Å². The average molecular weight is 386 g/mol. The third kappa shape index (κ3) is 3.42. The Morgan fingerprint density at radius 1 is 1.15 bits per heavy atom. The highest BCUT2D eigenvalue weighted by atomic mass is 32.2. The number of hydrogen-bond donors (Lipinski definition) is 2. The van der Waals surface area contributed by atoms with Gasteiger partial charge in [-0.25, -0.2) is 18.3 Å². The van der Waals surface area contributed by atoms with E-state index in [-0.39, 0.29) is 11.4 Å². The zero-order chi connectivity index (χ0) is 18.9. The van der Waals surface area contributed by atoms with Gasteiger partial charge in [0.1, 0.15) is 4.90 Å². The smallest absolute Gasteiger partial charge is 0.279 e. The number of alkyl halides is 3. The Kier molecular flexibility index (Phi) is 4.23. The first kappa shape index (κ1) is 17.6. The van der Waals surface area contributed by atoms with Crippen LogP contribution >= 0.6 is 0 Å². The van der Waals surface area contributed by atoms with Gasteiger partial charge < -0.3 is 0 Å². The van der Waals surface area contributed by atoms with Crippen molar-refractivity contribution in [3.05, 3.63) is 58.8 Å². The lowest BCUT2D eigenvalue weighted by atomic mass is 10.3. The number of H-pyrrole nitrogens is 1. The molecule has 0 saturated carbocycles. The quantitative estimate of drug-likeness (QED) is 0.694. The van der Waals surface area contributed by atoms with E-state index in [1.165, 1.54) is 24.3 Å². The lowest BCUT2D eigenvalue weighted by Crippen LogP contribution is -2.20. The molecule has 2 heterocycles. The van der Waals surface area contributed by atoms with Gasteiger partial charge in [0.25, 0.3) is 10.0 Å². The summed E-state index contributed by atoms with van der Waals surface area (Å²) in [5.41, 5.74) is -2.12. The van der Waals surface area contributed by atoms with Gasteiger partial charge in [-0.2, -0.15) is 17.9 Å². The zero-order valence-corrected chi connectivity index (χ0v) is 13.4. The molecule has 0 saturated heterocycles. The van der Waals surface area contributed by atoms with Crippen molar-refractivity contribution in [2.75, 3.05) is 4.72 Å². The molecular formula is C13H9F3N6O3S. The third-order valence-corrected chi connectivity index (χ3v) is 4.56. The largest absolute Gasteiger partial charge is 0.434 e. The van der Waals surface area contributed by atoms with Gasteiger partial charge in [0, 0.05) is 6.20 Å². The first-order valence-corrected chi connectivity index (χ1v) is 8.33. The molecule has 3 rings (SSSR count). The lowest BCUT2D eigenvalue weighted by Gasteiger charge is -2.13. The Bertz CT molecular complexity index is 1110. The van der Waals surface area contributed by atoms with Crippen LogP contribution in [0.5, 0.6) is 0 Å². The summed E-state index contributed by atoms with van der Waals surface area (Å²) in [4.78, 5) is 13.6. The maximum absolute atomic E-state index is 13.0. The molecule has 9 nitrogen and oxygen atoms in total. The number of halogens is 3. The predicted molar refractivity (Wildman–Crippen MR) is 82.0 cm³/mol. The molecule has 3 aromatic rings. The minimum absolute atomic E-state index is 0.0747. The molecule has 0 bridgehead atoms. The number of tetrazole rings is 1. The van der Waals surface area contributed by atoms with Crippen molar-refractivity contribution < 1.29 is 21.6 Å². The number of aromatic nitrogens is 5. The molecule has 136 valence electrons. The Balaban J connectivity index is 2.00. The van der Waals surface area contributed by atoms with E-state index in [2.05, 4.69) is 20.5 Å². The minimum atomic E-state index is -4.94. The van der Waals surface area contributed by atoms with E-state index in [4.69, 9.17) is 0 Å². The molecule has 26 heavy (non-hydrogen) atoms. The topological polar surface area (TPSA) is 123 Å². The first-order chi connectivity index (χ1) is 12.2. The van der Waals surface area contributed by atoms with Crippen molar-refractivity contribution in [1.29, 1.82) is 0 Å². The second-order valence-corrected chi connectivity index (χ2v) is 6.57. The van der Waals surface area contributed by atoms with Crippen LogP contribution in [0.25, 0.3) is 5.69 Å². The maximum atomic E-state index is 13.0. The second kappa shape index (κ2) is 6.25. The summed E-state index contributed by atoms with van der Waals surface area (Å²) >= 11 is 0. The fourth-order valence-corrected chi connectivity index (χ4v) is 3.33. The van der Waals surface area contributed by atoms with E-state index in [1.807, 2.05) is 4.72 Å². The lowest BCUT2D eigenvalue weighted by molar-refractivity contribution is -0.143. The number of benzene rings is 1. The van der Waals surface area contributed by atoms with Gasteiger partial charge in [-0.15, -0.1) is 0 Å². The Labute approximate surface area is 143 Å². The average Bonchev–Trinajstić information content (AvgIpc) is 3.00. The number of rotatable bonds is 4. The van der Waals surface area contributed by atoms with E-state index >= 15 is 0 Å². The molecule has 0 unspecified atom stereocenters. The first-order valence-electron chi connectivity index (χ1n) is 6.84. The molecule has 2 N–H and O–H groups in total. The van der Waals surface area contributed by atoms with Crippen molar-refractivity contribution in [1.82, 2.24) is 25.2 Å². The number of hydrogen-bond acceptors (Lipinski definition) is 6. The number of nitrogens with one attached hydrogen (secondary N) is 2. The monoisotopic (exact) mass is 386 g/mol. The van der Waals surface area contributed by atoms with Crippen LogP contribution in [-0.2, 0) is 16.2 Å². The number of anilines is 1. The highest BCUT2D eigenvalue weighted by molar-refractivity contribution is 7.92. The molecule has 0 aliphatic heterocycles. The normalized spacial score (nSPS) is 12.1. The molecule has 0 spiro atoms. The molecule has 0 aliphatic carbocycles. The van der Waals surface area contributed by atoms with Crippen LogP contribution in [0.3, 0.4) is 0 Å². The summed E-state index contributed by atoms with van der Waals surface area (Å²) < 4.78 is 66.6. The van der Waals surface area contributed by atoms with E-state index < -0.39 is 32.5 Å². The fourth-order valence-electron chi connectivity index (χ4n) is 2.10. The summed E-state index contributed by atoms with van der Waals surface area (Å²) in [7, 11) is -4.59. The summed E-state index contributed by atoms with van der Waals surface area (Å²) in [5.74, 6) is 0.